The van der Waals surface area contributed by atoms with E-state index in [0.717, 1.165) is 32.1 Å². The smallest absolute Gasteiger partial charge is 0.117 e. The normalized spacial score (nSPS) is 17.6. The third-order valence-electron chi connectivity index (χ3n) is 3.32. The van der Waals surface area contributed by atoms with Gasteiger partial charge in [-0.05, 0) is 43.7 Å². The number of hydrogen-bond acceptors (Lipinski definition) is 3. The van der Waals surface area contributed by atoms with Crippen molar-refractivity contribution in [2.45, 2.75) is 32.7 Å². The first kappa shape index (κ1) is 11.7. The highest BCUT2D eigenvalue weighted by Gasteiger charge is 2.41. The molecule has 1 aliphatic carbocycles. The largest absolute Gasteiger partial charge is 0.468 e. The van der Waals surface area contributed by atoms with Crippen molar-refractivity contribution < 1.29 is 9.15 Å². The second-order valence-corrected chi connectivity index (χ2v) is 4.63. The van der Waals surface area contributed by atoms with Gasteiger partial charge in [0.15, 0.2) is 0 Å². The zero-order valence-electron chi connectivity index (χ0n) is 10.00. The fourth-order valence-corrected chi connectivity index (χ4v) is 1.99. The van der Waals surface area contributed by atoms with Crippen molar-refractivity contribution in [3.05, 3.63) is 24.2 Å². The number of ether oxygens (including phenoxy) is 1. The SMILES string of the molecule is CCOCCC1(CNCc2ccco2)CC1. The first-order valence-electron chi connectivity index (χ1n) is 6.15. The van der Waals surface area contributed by atoms with Gasteiger partial charge in [0.2, 0.25) is 0 Å². The summed E-state index contributed by atoms with van der Waals surface area (Å²) in [6, 6.07) is 3.94. The summed E-state index contributed by atoms with van der Waals surface area (Å²) in [5.74, 6) is 1.01. The first-order valence-corrected chi connectivity index (χ1v) is 6.15. The fourth-order valence-electron chi connectivity index (χ4n) is 1.99. The van der Waals surface area contributed by atoms with E-state index in [0.29, 0.717) is 5.41 Å². The van der Waals surface area contributed by atoms with Crippen LogP contribution in [0.3, 0.4) is 0 Å². The van der Waals surface area contributed by atoms with Crippen LogP contribution in [0.1, 0.15) is 31.9 Å². The minimum absolute atomic E-state index is 0.516. The molecule has 0 aliphatic heterocycles. The maximum Gasteiger partial charge on any atom is 0.117 e. The summed E-state index contributed by atoms with van der Waals surface area (Å²) < 4.78 is 10.7. The quantitative estimate of drug-likeness (QED) is 0.688. The molecule has 16 heavy (non-hydrogen) atoms. The molecule has 1 aromatic rings. The number of rotatable bonds is 8. The van der Waals surface area contributed by atoms with Crippen molar-refractivity contribution in [2.75, 3.05) is 19.8 Å². The summed E-state index contributed by atoms with van der Waals surface area (Å²) in [6.45, 7) is 5.70. The number of nitrogens with one attached hydrogen (secondary N) is 1. The minimum atomic E-state index is 0.516. The molecule has 1 aliphatic rings. The molecule has 90 valence electrons. The lowest BCUT2D eigenvalue weighted by atomic mass is 10.0. The maximum atomic E-state index is 5.42. The summed E-state index contributed by atoms with van der Waals surface area (Å²) >= 11 is 0. The zero-order valence-corrected chi connectivity index (χ0v) is 10.00. The maximum absolute atomic E-state index is 5.42. The van der Waals surface area contributed by atoms with Gasteiger partial charge in [-0.3, -0.25) is 0 Å². The van der Waals surface area contributed by atoms with E-state index in [2.05, 4.69) is 12.2 Å². The van der Waals surface area contributed by atoms with Crippen LogP contribution in [-0.2, 0) is 11.3 Å². The standard InChI is InChI=1S/C13H21NO2/c1-2-15-9-7-13(5-6-13)11-14-10-12-4-3-8-16-12/h3-4,8,14H,2,5-7,9-11H2,1H3. The van der Waals surface area contributed by atoms with E-state index in [1.165, 1.54) is 19.3 Å². The lowest BCUT2D eigenvalue weighted by Crippen LogP contribution is -2.24. The molecule has 3 heteroatoms. The molecule has 0 spiro atoms. The van der Waals surface area contributed by atoms with E-state index in [1.807, 2.05) is 12.1 Å². The Morgan fingerprint density at radius 3 is 3.00 bits per heavy atom. The molecular weight excluding hydrogens is 202 g/mol. The fraction of sp³-hybridized carbons (Fsp3) is 0.692. The van der Waals surface area contributed by atoms with Crippen LogP contribution in [-0.4, -0.2) is 19.8 Å². The molecular formula is C13H21NO2. The van der Waals surface area contributed by atoms with Crippen LogP contribution in [0, 0.1) is 5.41 Å². The monoisotopic (exact) mass is 223 g/mol. The van der Waals surface area contributed by atoms with Crippen molar-refractivity contribution in [3.63, 3.8) is 0 Å². The average Bonchev–Trinajstić information content (AvgIpc) is 2.86. The Labute approximate surface area is 97.2 Å². The minimum Gasteiger partial charge on any atom is -0.468 e. The van der Waals surface area contributed by atoms with E-state index in [9.17, 15) is 0 Å². The molecule has 1 N–H and O–H groups in total. The molecule has 0 aromatic carbocycles. The van der Waals surface area contributed by atoms with Gasteiger partial charge in [0, 0.05) is 19.8 Å². The highest BCUT2D eigenvalue weighted by Crippen LogP contribution is 2.48. The van der Waals surface area contributed by atoms with E-state index >= 15 is 0 Å². The molecule has 0 amide bonds. The average molecular weight is 223 g/mol. The van der Waals surface area contributed by atoms with E-state index in [1.54, 1.807) is 6.26 Å². The molecule has 1 saturated carbocycles. The lowest BCUT2D eigenvalue weighted by Gasteiger charge is -2.15. The molecule has 0 unspecified atom stereocenters. The molecule has 0 saturated heterocycles. The van der Waals surface area contributed by atoms with E-state index in [4.69, 9.17) is 9.15 Å². The molecule has 1 aromatic heterocycles. The second kappa shape index (κ2) is 5.51. The van der Waals surface area contributed by atoms with Gasteiger partial charge in [0.1, 0.15) is 5.76 Å². The van der Waals surface area contributed by atoms with Gasteiger partial charge >= 0.3 is 0 Å². The van der Waals surface area contributed by atoms with Gasteiger partial charge in [0.05, 0.1) is 12.8 Å². The summed E-state index contributed by atoms with van der Waals surface area (Å²) in [4.78, 5) is 0. The Bertz CT molecular complexity index is 291. The molecule has 1 fully saturated rings. The predicted octanol–water partition coefficient (Wildman–Crippen LogP) is 2.58. The van der Waals surface area contributed by atoms with Gasteiger partial charge in [-0.2, -0.15) is 0 Å². The van der Waals surface area contributed by atoms with E-state index in [-0.39, 0.29) is 0 Å². The number of hydrogen-bond donors (Lipinski definition) is 1. The summed E-state index contributed by atoms with van der Waals surface area (Å²) in [5, 5.41) is 3.47. The molecule has 1 heterocycles. The lowest BCUT2D eigenvalue weighted by molar-refractivity contribution is 0.127. The summed E-state index contributed by atoms with van der Waals surface area (Å²) in [5.41, 5.74) is 0.516. The molecule has 0 bridgehead atoms. The molecule has 0 atom stereocenters. The van der Waals surface area contributed by atoms with Crippen LogP contribution in [0.4, 0.5) is 0 Å². The van der Waals surface area contributed by atoms with Crippen LogP contribution in [0.2, 0.25) is 0 Å². The zero-order chi connectivity index (χ0) is 11.3. The molecule has 0 radical (unpaired) electrons. The first-order chi connectivity index (χ1) is 7.85. The topological polar surface area (TPSA) is 34.4 Å². The van der Waals surface area contributed by atoms with Gasteiger partial charge in [-0.15, -0.1) is 0 Å². The van der Waals surface area contributed by atoms with Crippen molar-refractivity contribution in [2.24, 2.45) is 5.41 Å². The Balaban J connectivity index is 1.62. The van der Waals surface area contributed by atoms with Crippen LogP contribution < -0.4 is 5.32 Å². The van der Waals surface area contributed by atoms with Crippen molar-refractivity contribution in [1.82, 2.24) is 5.32 Å². The van der Waals surface area contributed by atoms with Crippen molar-refractivity contribution >= 4 is 0 Å². The van der Waals surface area contributed by atoms with Gasteiger partial charge in [-0.1, -0.05) is 0 Å². The summed E-state index contributed by atoms with van der Waals surface area (Å²) in [7, 11) is 0. The van der Waals surface area contributed by atoms with Crippen LogP contribution in [0.15, 0.2) is 22.8 Å². The van der Waals surface area contributed by atoms with Crippen molar-refractivity contribution in [1.29, 1.82) is 0 Å². The van der Waals surface area contributed by atoms with Gasteiger partial charge in [0.25, 0.3) is 0 Å². The highest BCUT2D eigenvalue weighted by molar-refractivity contribution is 4.99. The Hall–Kier alpha value is -0.800. The summed E-state index contributed by atoms with van der Waals surface area (Å²) in [6.07, 6.45) is 5.58. The van der Waals surface area contributed by atoms with Crippen molar-refractivity contribution in [3.8, 4) is 0 Å². The molecule has 2 rings (SSSR count). The third kappa shape index (κ3) is 3.35. The second-order valence-electron chi connectivity index (χ2n) is 4.63. The highest BCUT2D eigenvalue weighted by atomic mass is 16.5. The Morgan fingerprint density at radius 1 is 1.50 bits per heavy atom. The number of furan rings is 1. The van der Waals surface area contributed by atoms with Gasteiger partial charge in [-0.25, -0.2) is 0 Å². The molecule has 3 nitrogen and oxygen atoms in total. The van der Waals surface area contributed by atoms with E-state index < -0.39 is 0 Å². The third-order valence-corrected chi connectivity index (χ3v) is 3.32. The van der Waals surface area contributed by atoms with Crippen LogP contribution in [0.25, 0.3) is 0 Å². The Morgan fingerprint density at radius 2 is 2.38 bits per heavy atom. The van der Waals surface area contributed by atoms with Crippen LogP contribution >= 0.6 is 0 Å². The van der Waals surface area contributed by atoms with Crippen LogP contribution in [0.5, 0.6) is 0 Å². The van der Waals surface area contributed by atoms with Gasteiger partial charge < -0.3 is 14.5 Å². The Kier molecular flexibility index (Phi) is 4.02. The predicted molar refractivity (Wildman–Crippen MR) is 63.2 cm³/mol.